The minimum Gasteiger partial charge on any atom is -0.444 e. The van der Waals surface area contributed by atoms with Crippen molar-refractivity contribution in [2.24, 2.45) is 0 Å². The first kappa shape index (κ1) is 35.3. The molecule has 2 fully saturated rings. The molecule has 0 aromatic rings. The van der Waals surface area contributed by atoms with Gasteiger partial charge in [0.15, 0.2) is 0 Å². The van der Waals surface area contributed by atoms with Gasteiger partial charge in [-0.25, -0.2) is 9.59 Å². The molecule has 0 saturated heterocycles. The van der Waals surface area contributed by atoms with Crippen molar-refractivity contribution in [3.63, 3.8) is 0 Å². The minimum atomic E-state index is -0.494. The molecule has 2 aliphatic carbocycles. The van der Waals surface area contributed by atoms with E-state index in [-0.39, 0.29) is 37.9 Å². The van der Waals surface area contributed by atoms with Crippen LogP contribution in [0.4, 0.5) is 9.59 Å². The van der Waals surface area contributed by atoms with Crippen LogP contribution < -0.4 is 16.0 Å². The van der Waals surface area contributed by atoms with Crippen molar-refractivity contribution in [2.75, 3.05) is 48.9 Å². The highest BCUT2D eigenvalue weighted by molar-refractivity contribution is 5.68. The predicted molar refractivity (Wildman–Crippen MR) is 149 cm³/mol. The quantitative estimate of drug-likeness (QED) is 0.342. The molecule has 230 valence electrons. The molecule has 0 aromatic heterocycles. The summed E-state index contributed by atoms with van der Waals surface area (Å²) in [5.41, 5.74) is -0.986. The first-order chi connectivity index (χ1) is 18.1. The van der Waals surface area contributed by atoms with Crippen LogP contribution in [-0.2, 0) is 28.4 Å². The molecule has 0 aliphatic heterocycles. The van der Waals surface area contributed by atoms with Gasteiger partial charge in [0.05, 0.1) is 24.3 Å². The molecular formula is C27H54N4O8. The van der Waals surface area contributed by atoms with Crippen LogP contribution in [-0.4, -0.2) is 114 Å². The lowest BCUT2D eigenvalue weighted by Crippen LogP contribution is -2.44. The Balaban J connectivity index is 0.000000391. The number of carbonyl (C=O) groups is 2. The minimum absolute atomic E-state index is 0.0464. The highest BCUT2D eigenvalue weighted by atomic mass is 16.7. The average Bonchev–Trinajstić information content (AvgIpc) is 3.37. The summed E-state index contributed by atoms with van der Waals surface area (Å²) in [5, 5.41) is 9.00. The Morgan fingerprint density at radius 1 is 0.744 bits per heavy atom. The van der Waals surface area contributed by atoms with Crippen LogP contribution in [0.25, 0.3) is 0 Å². The molecule has 0 bridgehead atoms. The normalized spacial score (nSPS) is 27.1. The molecule has 0 heterocycles. The Bertz CT molecular complexity index is 726. The van der Waals surface area contributed by atoms with Gasteiger partial charge < -0.3 is 49.3 Å². The monoisotopic (exact) mass is 562 g/mol. The highest BCUT2D eigenvalue weighted by Crippen LogP contribution is 2.26. The summed E-state index contributed by atoms with van der Waals surface area (Å²) < 4.78 is 31.7. The van der Waals surface area contributed by atoms with Gasteiger partial charge in [-0.3, -0.25) is 0 Å². The van der Waals surface area contributed by atoms with E-state index in [9.17, 15) is 9.59 Å². The zero-order chi connectivity index (χ0) is 29.8. The fourth-order valence-electron chi connectivity index (χ4n) is 4.53. The Hall–Kier alpha value is -1.70. The maximum Gasteiger partial charge on any atom is 0.407 e. The second-order valence-corrected chi connectivity index (χ2v) is 12.3. The van der Waals surface area contributed by atoms with Gasteiger partial charge in [-0.2, -0.15) is 0 Å². The second kappa shape index (κ2) is 16.5. The molecule has 0 radical (unpaired) electrons. The van der Waals surface area contributed by atoms with Crippen LogP contribution in [0.5, 0.6) is 0 Å². The summed E-state index contributed by atoms with van der Waals surface area (Å²) in [5.74, 6) is 0. The summed E-state index contributed by atoms with van der Waals surface area (Å²) in [6.45, 7) is 11.5. The van der Waals surface area contributed by atoms with E-state index in [4.69, 9.17) is 28.4 Å². The largest absolute Gasteiger partial charge is 0.444 e. The van der Waals surface area contributed by atoms with Crippen LogP contribution in [0.1, 0.15) is 67.2 Å². The topological polar surface area (TPSA) is 129 Å². The number of nitrogens with one attached hydrogen (secondary N) is 3. The van der Waals surface area contributed by atoms with E-state index in [1.807, 2.05) is 62.7 Å². The van der Waals surface area contributed by atoms with Crippen molar-refractivity contribution in [1.29, 1.82) is 0 Å². The van der Waals surface area contributed by atoms with Crippen LogP contribution in [0, 0.1) is 0 Å². The fourth-order valence-corrected chi connectivity index (χ4v) is 4.53. The van der Waals surface area contributed by atoms with Gasteiger partial charge in [-0.1, -0.05) is 0 Å². The molecule has 2 amide bonds. The van der Waals surface area contributed by atoms with Crippen molar-refractivity contribution >= 4 is 12.2 Å². The molecule has 0 unspecified atom stereocenters. The Morgan fingerprint density at radius 3 is 1.56 bits per heavy atom. The third-order valence-electron chi connectivity index (χ3n) is 6.33. The molecule has 6 atom stereocenters. The first-order valence-corrected chi connectivity index (χ1v) is 13.6. The van der Waals surface area contributed by atoms with Crippen LogP contribution >= 0.6 is 0 Å². The zero-order valence-electron chi connectivity index (χ0n) is 25.9. The van der Waals surface area contributed by atoms with E-state index < -0.39 is 23.4 Å². The Labute approximate surface area is 235 Å². The summed E-state index contributed by atoms with van der Waals surface area (Å²) >= 11 is 0. The van der Waals surface area contributed by atoms with Crippen molar-refractivity contribution in [3.8, 4) is 0 Å². The molecule has 2 saturated carbocycles. The number of alkyl carbamates (subject to hydrolysis) is 2. The van der Waals surface area contributed by atoms with Crippen LogP contribution in [0.3, 0.4) is 0 Å². The molecule has 2 rings (SSSR count). The van der Waals surface area contributed by atoms with Gasteiger partial charge in [0, 0.05) is 26.3 Å². The number of amides is 2. The molecule has 39 heavy (non-hydrogen) atoms. The van der Waals surface area contributed by atoms with E-state index in [0.717, 1.165) is 25.7 Å². The van der Waals surface area contributed by atoms with Gasteiger partial charge in [0.1, 0.15) is 24.8 Å². The molecular weight excluding hydrogens is 508 g/mol. The molecule has 12 heteroatoms. The molecule has 2 aliphatic rings. The van der Waals surface area contributed by atoms with Crippen molar-refractivity contribution in [2.45, 2.75) is 115 Å². The van der Waals surface area contributed by atoms with Gasteiger partial charge in [-0.05, 0) is 88.4 Å². The average molecular weight is 563 g/mol. The summed E-state index contributed by atoms with van der Waals surface area (Å²) in [6.07, 6.45) is 2.50. The third kappa shape index (κ3) is 14.5. The number of methoxy groups -OCH3 is 2. The maximum absolute atomic E-state index is 11.9. The third-order valence-corrected chi connectivity index (χ3v) is 6.33. The predicted octanol–water partition coefficient (Wildman–Crippen LogP) is 2.84. The lowest BCUT2D eigenvalue weighted by molar-refractivity contribution is -0.0780. The van der Waals surface area contributed by atoms with Crippen LogP contribution in [0.2, 0.25) is 0 Å². The first-order valence-electron chi connectivity index (χ1n) is 13.6. The molecule has 3 N–H and O–H groups in total. The van der Waals surface area contributed by atoms with E-state index in [1.165, 1.54) is 0 Å². The highest BCUT2D eigenvalue weighted by Gasteiger charge is 2.38. The van der Waals surface area contributed by atoms with Crippen molar-refractivity contribution < 1.29 is 38.0 Å². The zero-order valence-corrected chi connectivity index (χ0v) is 25.9. The smallest absolute Gasteiger partial charge is 0.407 e. The standard InChI is InChI=1S/C14H28N2O4.C13H26N2O4/c1-14(2,3)20-13(17)15-11-7-10(16(4)5)8-12(11)19-9-18-6;1-13(2,3)19-12(16)15-10-6-9(14-4)7-11(10)18-8-17-5/h10-12H,7-9H2,1-6H3,(H,15,17);9-11,14H,6-8H2,1-5H3,(H,15,16)/t10-,11+,12-;9-,10+,11-/m00/s1. The Kier molecular flexibility index (Phi) is 15.0. The van der Waals surface area contributed by atoms with E-state index in [2.05, 4.69) is 20.9 Å². The molecule has 0 aromatic carbocycles. The summed E-state index contributed by atoms with van der Waals surface area (Å²) in [7, 11) is 9.16. The lowest BCUT2D eigenvalue weighted by atomic mass is 10.2. The van der Waals surface area contributed by atoms with Gasteiger partial charge in [-0.15, -0.1) is 0 Å². The number of carbonyl (C=O) groups excluding carboxylic acids is 2. The Morgan fingerprint density at radius 2 is 1.18 bits per heavy atom. The van der Waals surface area contributed by atoms with E-state index in [0.29, 0.717) is 12.1 Å². The summed E-state index contributed by atoms with van der Waals surface area (Å²) in [6, 6.07) is 0.619. The number of hydrogen-bond donors (Lipinski definition) is 3. The molecule has 12 nitrogen and oxygen atoms in total. The van der Waals surface area contributed by atoms with Crippen molar-refractivity contribution in [1.82, 2.24) is 20.9 Å². The number of ether oxygens (including phenoxy) is 6. The van der Waals surface area contributed by atoms with Gasteiger partial charge >= 0.3 is 12.2 Å². The molecule has 0 spiro atoms. The lowest BCUT2D eigenvalue weighted by Gasteiger charge is -2.24. The van der Waals surface area contributed by atoms with E-state index >= 15 is 0 Å². The summed E-state index contributed by atoms with van der Waals surface area (Å²) in [4.78, 5) is 25.8. The van der Waals surface area contributed by atoms with Crippen LogP contribution in [0.15, 0.2) is 0 Å². The number of hydrogen-bond acceptors (Lipinski definition) is 10. The number of rotatable bonds is 10. The second-order valence-electron chi connectivity index (χ2n) is 12.3. The van der Waals surface area contributed by atoms with Gasteiger partial charge in [0.25, 0.3) is 0 Å². The SMILES string of the molecule is CN[C@@H]1C[C@H](OCOC)[C@H](NC(=O)OC(C)(C)C)C1.COCO[C@H]1C[C@@H](N(C)C)C[C@H]1NC(=O)OC(C)(C)C. The maximum atomic E-state index is 11.9. The van der Waals surface area contributed by atoms with E-state index in [1.54, 1.807) is 14.2 Å². The van der Waals surface area contributed by atoms with Gasteiger partial charge in [0.2, 0.25) is 0 Å². The van der Waals surface area contributed by atoms with Crippen molar-refractivity contribution in [3.05, 3.63) is 0 Å². The number of nitrogens with zero attached hydrogens (tertiary/aromatic N) is 1. The fraction of sp³-hybridized carbons (Fsp3) is 0.926.